The van der Waals surface area contributed by atoms with Crippen molar-refractivity contribution >= 4 is 11.6 Å². The summed E-state index contributed by atoms with van der Waals surface area (Å²) in [4.78, 5) is 23.8. The van der Waals surface area contributed by atoms with Crippen molar-refractivity contribution in [1.29, 1.82) is 0 Å². The lowest BCUT2D eigenvalue weighted by Crippen LogP contribution is -2.22. The summed E-state index contributed by atoms with van der Waals surface area (Å²) in [6, 6.07) is 5.90. The van der Waals surface area contributed by atoms with E-state index >= 15 is 0 Å². The van der Waals surface area contributed by atoms with Crippen LogP contribution in [-0.2, 0) is 6.54 Å². The van der Waals surface area contributed by atoms with Crippen molar-refractivity contribution in [3.63, 3.8) is 0 Å². The maximum Gasteiger partial charge on any atom is 0.166 e. The van der Waals surface area contributed by atoms with Crippen molar-refractivity contribution in [3.05, 3.63) is 34.9 Å². The summed E-state index contributed by atoms with van der Waals surface area (Å²) in [5, 5.41) is 3.30. The summed E-state index contributed by atoms with van der Waals surface area (Å²) in [5.41, 5.74) is 2.09. The fourth-order valence-electron chi connectivity index (χ4n) is 1.84. The molecule has 0 aliphatic carbocycles. The molecule has 0 saturated carbocycles. The van der Waals surface area contributed by atoms with E-state index in [1.807, 2.05) is 26.0 Å². The van der Waals surface area contributed by atoms with Crippen LogP contribution in [0.3, 0.4) is 0 Å². The highest BCUT2D eigenvalue weighted by Crippen LogP contribution is 2.17. The van der Waals surface area contributed by atoms with Crippen LogP contribution in [0.25, 0.3) is 0 Å². The third kappa shape index (κ3) is 4.28. The summed E-state index contributed by atoms with van der Waals surface area (Å²) in [6.45, 7) is 10.0. The van der Waals surface area contributed by atoms with Crippen molar-refractivity contribution in [1.82, 2.24) is 5.32 Å². The highest BCUT2D eigenvalue weighted by Gasteiger charge is 2.17. The van der Waals surface area contributed by atoms with E-state index in [9.17, 15) is 9.59 Å². The molecule has 3 heteroatoms. The number of rotatable bonds is 6. The van der Waals surface area contributed by atoms with E-state index in [1.165, 1.54) is 6.92 Å². The fourth-order valence-corrected chi connectivity index (χ4v) is 1.84. The van der Waals surface area contributed by atoms with Gasteiger partial charge in [0.25, 0.3) is 0 Å². The summed E-state index contributed by atoms with van der Waals surface area (Å²) < 4.78 is 0. The minimum Gasteiger partial charge on any atom is -0.310 e. The average Bonchev–Trinajstić information content (AvgIpc) is 2.34. The molecule has 104 valence electrons. The van der Waals surface area contributed by atoms with Gasteiger partial charge in [-0.25, -0.2) is 0 Å². The Bertz CT molecular complexity index is 476. The predicted octanol–water partition coefficient (Wildman–Crippen LogP) is 3.23. The molecule has 0 heterocycles. The van der Waals surface area contributed by atoms with Crippen LogP contribution in [0.1, 0.15) is 60.9 Å². The largest absolute Gasteiger partial charge is 0.310 e. The van der Waals surface area contributed by atoms with Crippen molar-refractivity contribution in [2.45, 2.75) is 47.2 Å². The maximum atomic E-state index is 12.1. The van der Waals surface area contributed by atoms with Crippen LogP contribution in [0.5, 0.6) is 0 Å². The monoisotopic (exact) mass is 261 g/mol. The maximum absolute atomic E-state index is 12.1. The highest BCUT2D eigenvalue weighted by molar-refractivity contribution is 6.08. The van der Waals surface area contributed by atoms with Crippen molar-refractivity contribution in [3.8, 4) is 0 Å². The second-order valence-electron chi connectivity index (χ2n) is 5.49. The van der Waals surface area contributed by atoms with Crippen LogP contribution in [-0.4, -0.2) is 17.6 Å². The molecular formula is C16H23NO2. The summed E-state index contributed by atoms with van der Waals surface area (Å²) >= 11 is 0. The molecule has 0 aliphatic rings. The van der Waals surface area contributed by atoms with Crippen LogP contribution in [0.15, 0.2) is 18.2 Å². The standard InChI is InChI=1S/C16H23NO2/c1-10(2)16(19)14-7-6-13(9-17-11(3)4)8-15(14)12(5)18/h6-8,10-11,17H,9H2,1-5H3. The molecule has 0 fully saturated rings. The minimum absolute atomic E-state index is 0.0218. The van der Waals surface area contributed by atoms with Crippen LogP contribution in [0, 0.1) is 5.92 Å². The molecule has 0 amide bonds. The van der Waals surface area contributed by atoms with Gasteiger partial charge in [-0.05, 0) is 18.6 Å². The first-order valence-electron chi connectivity index (χ1n) is 6.74. The van der Waals surface area contributed by atoms with Gasteiger partial charge in [-0.1, -0.05) is 39.8 Å². The lowest BCUT2D eigenvalue weighted by atomic mass is 9.93. The third-order valence-corrected chi connectivity index (χ3v) is 2.97. The van der Waals surface area contributed by atoms with Crippen LogP contribution in [0.2, 0.25) is 0 Å². The van der Waals surface area contributed by atoms with E-state index in [4.69, 9.17) is 0 Å². The van der Waals surface area contributed by atoms with Gasteiger partial charge in [-0.3, -0.25) is 9.59 Å². The van der Waals surface area contributed by atoms with Crippen LogP contribution < -0.4 is 5.32 Å². The molecule has 0 atom stereocenters. The molecule has 0 spiro atoms. The van der Waals surface area contributed by atoms with Gasteiger partial charge in [0, 0.05) is 29.6 Å². The zero-order chi connectivity index (χ0) is 14.6. The number of hydrogen-bond donors (Lipinski definition) is 1. The van der Waals surface area contributed by atoms with E-state index in [0.717, 1.165) is 5.56 Å². The van der Waals surface area contributed by atoms with Crippen molar-refractivity contribution < 1.29 is 9.59 Å². The second kappa shape index (κ2) is 6.62. The number of Topliss-reactive ketones (excluding diaryl/α,β-unsaturated/α-hetero) is 2. The molecular weight excluding hydrogens is 238 g/mol. The molecule has 0 unspecified atom stereocenters. The van der Waals surface area contributed by atoms with E-state index in [2.05, 4.69) is 19.2 Å². The summed E-state index contributed by atoms with van der Waals surface area (Å²) in [6.07, 6.45) is 0. The quantitative estimate of drug-likeness (QED) is 0.800. The van der Waals surface area contributed by atoms with Gasteiger partial charge < -0.3 is 5.32 Å². The molecule has 1 aromatic rings. The van der Waals surface area contributed by atoms with E-state index in [1.54, 1.807) is 6.07 Å². The molecule has 3 nitrogen and oxygen atoms in total. The topological polar surface area (TPSA) is 46.2 Å². The smallest absolute Gasteiger partial charge is 0.166 e. The molecule has 1 rings (SSSR count). The number of hydrogen-bond acceptors (Lipinski definition) is 3. The number of carbonyl (C=O) groups excluding carboxylic acids is 2. The van der Waals surface area contributed by atoms with Crippen LogP contribution >= 0.6 is 0 Å². The zero-order valence-corrected chi connectivity index (χ0v) is 12.4. The molecule has 0 aliphatic heterocycles. The Labute approximate surface area is 115 Å². The van der Waals surface area contributed by atoms with Crippen LogP contribution in [0.4, 0.5) is 0 Å². The number of nitrogens with one attached hydrogen (secondary N) is 1. The molecule has 1 aromatic carbocycles. The van der Waals surface area contributed by atoms with E-state index < -0.39 is 0 Å². The first-order chi connectivity index (χ1) is 8.82. The van der Waals surface area contributed by atoms with Gasteiger partial charge in [0.05, 0.1) is 0 Å². The van der Waals surface area contributed by atoms with Crippen molar-refractivity contribution in [2.75, 3.05) is 0 Å². The first-order valence-corrected chi connectivity index (χ1v) is 6.74. The molecule has 0 bridgehead atoms. The molecule has 0 saturated heterocycles. The number of ketones is 2. The van der Waals surface area contributed by atoms with E-state index in [-0.39, 0.29) is 17.5 Å². The molecule has 19 heavy (non-hydrogen) atoms. The minimum atomic E-state index is -0.0993. The van der Waals surface area contributed by atoms with E-state index in [0.29, 0.717) is 23.7 Å². The Morgan fingerprint density at radius 2 is 1.74 bits per heavy atom. The Hall–Kier alpha value is -1.48. The third-order valence-electron chi connectivity index (χ3n) is 2.97. The van der Waals surface area contributed by atoms with Gasteiger partial charge in [0.2, 0.25) is 0 Å². The summed E-state index contributed by atoms with van der Waals surface area (Å²) in [7, 11) is 0. The molecule has 0 radical (unpaired) electrons. The SMILES string of the molecule is CC(=O)c1cc(CNC(C)C)ccc1C(=O)C(C)C. The number of benzene rings is 1. The Morgan fingerprint density at radius 1 is 1.11 bits per heavy atom. The second-order valence-corrected chi connectivity index (χ2v) is 5.49. The summed E-state index contributed by atoms with van der Waals surface area (Å²) in [5.74, 6) is -0.137. The fraction of sp³-hybridized carbons (Fsp3) is 0.500. The zero-order valence-electron chi connectivity index (χ0n) is 12.4. The average molecular weight is 261 g/mol. The van der Waals surface area contributed by atoms with Gasteiger partial charge in [-0.2, -0.15) is 0 Å². The first kappa shape index (κ1) is 15.6. The number of carbonyl (C=O) groups is 2. The van der Waals surface area contributed by atoms with Gasteiger partial charge in [0.1, 0.15) is 0 Å². The van der Waals surface area contributed by atoms with Crippen molar-refractivity contribution in [2.24, 2.45) is 5.92 Å². The molecule has 1 N–H and O–H groups in total. The highest BCUT2D eigenvalue weighted by atomic mass is 16.1. The Morgan fingerprint density at radius 3 is 2.21 bits per heavy atom. The van der Waals surface area contributed by atoms with Gasteiger partial charge >= 0.3 is 0 Å². The Kier molecular flexibility index (Phi) is 5.43. The Balaban J connectivity index is 3.08. The lowest BCUT2D eigenvalue weighted by Gasteiger charge is -2.12. The van der Waals surface area contributed by atoms with Gasteiger partial charge in [-0.15, -0.1) is 0 Å². The predicted molar refractivity (Wildman–Crippen MR) is 77.6 cm³/mol. The lowest BCUT2D eigenvalue weighted by molar-refractivity contribution is 0.0926. The van der Waals surface area contributed by atoms with Gasteiger partial charge in [0.15, 0.2) is 11.6 Å². The normalized spacial score (nSPS) is 11.1. The molecule has 0 aromatic heterocycles.